The Morgan fingerprint density at radius 1 is 0.183 bits per heavy atom. The highest BCUT2D eigenvalue weighted by Gasteiger charge is 2.21. The van der Waals surface area contributed by atoms with E-state index < -0.39 is 0 Å². The van der Waals surface area contributed by atoms with Crippen LogP contribution in [0, 0.1) is 0 Å². The summed E-state index contributed by atoms with van der Waals surface area (Å²) in [6, 6.07) is 126. The van der Waals surface area contributed by atoms with E-state index in [0.717, 1.165) is 179 Å². The summed E-state index contributed by atoms with van der Waals surface area (Å²) in [4.78, 5) is 40.8. The van der Waals surface area contributed by atoms with Gasteiger partial charge in [-0.25, -0.2) is 29.9 Å². The first-order chi connectivity index (χ1) is 51.5. The van der Waals surface area contributed by atoms with Gasteiger partial charge in [-0.3, -0.25) is 0 Å². The zero-order valence-corrected chi connectivity index (χ0v) is 56.6. The molecule has 2 aliphatic heterocycles. The molecule has 2 N–H and O–H groups in total. The number of aromatic amines is 2. The molecule has 8 bridgehead atoms. The first-order valence-corrected chi connectivity index (χ1v) is 34.9. The molecule has 490 valence electrons. The zero-order valence-electron chi connectivity index (χ0n) is 56.6. The van der Waals surface area contributed by atoms with Crippen LogP contribution in [-0.2, 0) is 0 Å². The lowest BCUT2D eigenvalue weighted by molar-refractivity contribution is 1.31. The lowest BCUT2D eigenvalue weighted by Gasteiger charge is -2.10. The normalized spacial score (nSPS) is 11.4. The Labute approximate surface area is 604 Å². The van der Waals surface area contributed by atoms with Crippen LogP contribution in [0.25, 0.3) is 90.9 Å². The predicted octanol–water partition coefficient (Wildman–Crippen LogP) is 24.0. The Bertz CT molecular complexity index is 5070. The average molecular weight is 1330 g/mol. The summed E-state index contributed by atoms with van der Waals surface area (Å²) in [6.45, 7) is 0. The van der Waals surface area contributed by atoms with Gasteiger partial charge in [-0.05, 0) is 119 Å². The van der Waals surface area contributed by atoms with E-state index >= 15 is 0 Å². The van der Waals surface area contributed by atoms with E-state index in [1.54, 1.807) is 0 Å². The highest BCUT2D eigenvalue weighted by atomic mass is 14.8. The maximum atomic E-state index is 5.72. The molecule has 2 aliphatic rings. The summed E-state index contributed by atoms with van der Waals surface area (Å²) in [5, 5.41) is 0. The largest absolute Gasteiger partial charge is 0.354 e. The monoisotopic (exact) mass is 1330 g/mol. The molecule has 0 saturated heterocycles. The number of benzene rings is 12. The van der Waals surface area contributed by atoms with Crippen LogP contribution in [0.5, 0.6) is 0 Å². The van der Waals surface area contributed by atoms with Crippen molar-refractivity contribution in [3.8, 4) is 44.5 Å². The molecule has 5 heterocycles. The predicted molar refractivity (Wildman–Crippen MR) is 433 cm³/mol. The van der Waals surface area contributed by atoms with Crippen LogP contribution < -0.4 is 0 Å². The zero-order chi connectivity index (χ0) is 69.4. The number of H-pyrrole nitrogens is 2. The van der Waals surface area contributed by atoms with Crippen LogP contribution in [-0.4, -0.2) is 42.8 Å². The minimum Gasteiger partial charge on any atom is -0.354 e. The Morgan fingerprint density at radius 3 is 0.510 bits per heavy atom. The Hall–Kier alpha value is -14.1. The molecule has 0 spiro atoms. The first-order valence-electron chi connectivity index (χ1n) is 34.9. The highest BCUT2D eigenvalue weighted by molar-refractivity contribution is 6.16. The Balaban J connectivity index is 0.886. The van der Waals surface area contributed by atoms with Gasteiger partial charge in [0.2, 0.25) is 0 Å². The van der Waals surface area contributed by atoms with Crippen molar-refractivity contribution < 1.29 is 0 Å². The smallest absolute Gasteiger partial charge is 0.0781 e. The van der Waals surface area contributed by atoms with E-state index in [1.165, 1.54) is 0 Å². The van der Waals surface area contributed by atoms with Crippen LogP contribution in [0.4, 0.5) is 22.7 Å². The summed E-state index contributed by atoms with van der Waals surface area (Å²) >= 11 is 0. The average Bonchev–Trinajstić information content (AvgIpc) is 1.58. The second-order valence-electron chi connectivity index (χ2n) is 25.5. The quantitative estimate of drug-likeness (QED) is 0.0941. The van der Waals surface area contributed by atoms with E-state index in [-0.39, 0.29) is 0 Å². The molecule has 0 amide bonds. The van der Waals surface area contributed by atoms with E-state index in [9.17, 15) is 0 Å². The summed E-state index contributed by atoms with van der Waals surface area (Å²) in [5.74, 6) is 0. The summed E-state index contributed by atoms with van der Waals surface area (Å²) in [5.41, 5.74) is 29.2. The fourth-order valence-electron chi connectivity index (χ4n) is 13.7. The Kier molecular flexibility index (Phi) is 17.7. The second kappa shape index (κ2) is 29.0. The molecule has 15 aromatic rings. The molecule has 0 atom stereocenters. The van der Waals surface area contributed by atoms with Crippen LogP contribution >= 0.6 is 0 Å². The molecular formula is C96H66N8. The topological polar surface area (TPSA) is 107 Å². The SMILES string of the molecule is C1=Cc2nc1c(-c1ccc(N=C(c3ccccc3)c3ccccc3)cc1)c1ccc([nH]1)c(-c1ccc(N=C(c3ccccc3)c3ccccc3)cc1)c1nc(c(-c3ccc(N=C(c4ccccc4)c4ccccc4)cc3)c3ccc([nH]3)c2-c2ccc(N=C(c3ccccc3)c3ccccc3)cc2)C=C1. The number of hydrogen-bond donors (Lipinski definition) is 2. The van der Waals surface area contributed by atoms with E-state index in [4.69, 9.17) is 29.9 Å². The van der Waals surface area contributed by atoms with E-state index in [0.29, 0.717) is 0 Å². The van der Waals surface area contributed by atoms with Gasteiger partial charge < -0.3 is 9.97 Å². The van der Waals surface area contributed by atoms with Gasteiger partial charge in [-0.15, -0.1) is 0 Å². The van der Waals surface area contributed by atoms with Gasteiger partial charge in [-0.2, -0.15) is 0 Å². The lowest BCUT2D eigenvalue weighted by Crippen LogP contribution is -2.02. The summed E-state index contributed by atoms with van der Waals surface area (Å²) in [6.07, 6.45) is 8.57. The number of fused-ring (bicyclic) bond motifs is 8. The van der Waals surface area contributed by atoms with Crippen LogP contribution in [0.1, 0.15) is 67.3 Å². The first kappa shape index (κ1) is 63.4. The minimum atomic E-state index is 0.787. The lowest BCUT2D eigenvalue weighted by atomic mass is 10.0. The number of aliphatic imine (C=N–C) groups is 4. The maximum absolute atomic E-state index is 5.72. The molecule has 8 heteroatoms. The number of aromatic nitrogens is 4. The van der Waals surface area contributed by atoms with Gasteiger partial charge in [-0.1, -0.05) is 291 Å². The van der Waals surface area contributed by atoms with E-state index in [2.05, 4.69) is 350 Å². The van der Waals surface area contributed by atoms with Gasteiger partial charge >= 0.3 is 0 Å². The molecule has 0 radical (unpaired) electrons. The molecular weight excluding hydrogens is 1270 g/mol. The second-order valence-corrected chi connectivity index (χ2v) is 25.5. The molecule has 0 fully saturated rings. The van der Waals surface area contributed by atoms with Gasteiger partial charge in [0.1, 0.15) is 0 Å². The van der Waals surface area contributed by atoms with Gasteiger partial charge in [0.25, 0.3) is 0 Å². The molecule has 17 rings (SSSR count). The van der Waals surface area contributed by atoms with Crippen LogP contribution in [0.2, 0.25) is 0 Å². The molecule has 0 aliphatic carbocycles. The third-order valence-corrected chi connectivity index (χ3v) is 18.7. The van der Waals surface area contributed by atoms with Gasteiger partial charge in [0.15, 0.2) is 0 Å². The van der Waals surface area contributed by atoms with Crippen molar-refractivity contribution in [2.24, 2.45) is 20.0 Å². The Morgan fingerprint density at radius 2 is 0.346 bits per heavy atom. The molecule has 8 nitrogen and oxygen atoms in total. The van der Waals surface area contributed by atoms with Crippen LogP contribution in [0.15, 0.2) is 384 Å². The number of hydrogen-bond acceptors (Lipinski definition) is 6. The molecule has 0 unspecified atom stereocenters. The van der Waals surface area contributed by atoms with Crippen molar-refractivity contribution in [1.82, 2.24) is 19.9 Å². The van der Waals surface area contributed by atoms with Crippen molar-refractivity contribution in [1.29, 1.82) is 0 Å². The van der Waals surface area contributed by atoms with Crippen molar-refractivity contribution >= 4 is 92.0 Å². The van der Waals surface area contributed by atoms with Crippen molar-refractivity contribution in [2.75, 3.05) is 0 Å². The fourth-order valence-corrected chi connectivity index (χ4v) is 13.7. The number of nitrogens with one attached hydrogen (secondary N) is 2. The highest BCUT2D eigenvalue weighted by Crippen LogP contribution is 2.41. The van der Waals surface area contributed by atoms with Crippen molar-refractivity contribution in [3.05, 3.63) is 431 Å². The third kappa shape index (κ3) is 13.5. The van der Waals surface area contributed by atoms with Gasteiger partial charge in [0, 0.05) is 88.8 Å². The standard InChI is InChI=1S/C96H66N8/c1-9-25-69(26-10-1)93(70-27-11-2-12-28-70)97-77-49-41-65(42-50-77)89-81-57-59-83(101-81)90(66-43-51-78(52-44-66)98-94(71-29-13-3-14-30-71)72-31-15-4-16-32-72)85-61-63-87(103-85)92(68-47-55-80(56-48-68)100-96(75-37-21-7-22-38-75)76-39-23-8-24-40-76)88-64-62-86(104-88)91(84-60-58-82(89)102-84)67-45-53-79(54-46-67)99-95(73-33-17-5-18-34-73)74-35-19-6-20-36-74/h1-64,101,104H. The molecule has 12 aromatic carbocycles. The maximum Gasteiger partial charge on any atom is 0.0781 e. The molecule has 0 saturated carbocycles. The van der Waals surface area contributed by atoms with Gasteiger partial charge in [0.05, 0.1) is 68.4 Å². The molecule has 104 heavy (non-hydrogen) atoms. The number of nitrogens with zero attached hydrogens (tertiary/aromatic N) is 6. The minimum absolute atomic E-state index is 0.787. The number of rotatable bonds is 16. The third-order valence-electron chi connectivity index (χ3n) is 18.7. The fraction of sp³-hybridized carbons (Fsp3) is 0. The van der Waals surface area contributed by atoms with Crippen molar-refractivity contribution in [3.63, 3.8) is 0 Å². The summed E-state index contributed by atoms with van der Waals surface area (Å²) < 4.78 is 0. The van der Waals surface area contributed by atoms with Crippen LogP contribution in [0.3, 0.4) is 0 Å². The summed E-state index contributed by atoms with van der Waals surface area (Å²) in [7, 11) is 0. The molecule has 3 aromatic heterocycles. The van der Waals surface area contributed by atoms with Crippen molar-refractivity contribution in [2.45, 2.75) is 0 Å². The van der Waals surface area contributed by atoms with E-state index in [1.807, 2.05) is 48.5 Å².